The molecule has 1 N–H and O–H groups in total. The van der Waals surface area contributed by atoms with Gasteiger partial charge in [0.1, 0.15) is 5.75 Å². The quantitative estimate of drug-likeness (QED) is 0.728. The molecular formula is C16H21BrN2O2. The molecule has 1 aromatic heterocycles. The highest BCUT2D eigenvalue weighted by Crippen LogP contribution is 2.30. The van der Waals surface area contributed by atoms with E-state index < -0.39 is 0 Å². The topological polar surface area (TPSA) is 47.3 Å². The molecule has 114 valence electrons. The number of hydrogen-bond acceptors (Lipinski definition) is 4. The van der Waals surface area contributed by atoms with E-state index in [1.807, 2.05) is 18.2 Å². The Morgan fingerprint density at radius 1 is 1.33 bits per heavy atom. The molecule has 0 spiro atoms. The van der Waals surface area contributed by atoms with E-state index in [1.54, 1.807) is 13.3 Å². The van der Waals surface area contributed by atoms with Crippen molar-refractivity contribution in [3.05, 3.63) is 34.8 Å². The van der Waals surface area contributed by atoms with Crippen LogP contribution in [0.4, 0.5) is 0 Å². The first-order valence-electron chi connectivity index (χ1n) is 7.24. The lowest BCUT2D eigenvalue weighted by Crippen LogP contribution is -2.16. The number of rotatable bonds is 8. The van der Waals surface area contributed by atoms with Gasteiger partial charge in [0.2, 0.25) is 0 Å². The summed E-state index contributed by atoms with van der Waals surface area (Å²) in [6.07, 6.45) is 4.83. The predicted octanol–water partition coefficient (Wildman–Crippen LogP) is 4.04. The summed E-state index contributed by atoms with van der Waals surface area (Å²) in [4.78, 5) is 4.34. The van der Waals surface area contributed by atoms with Crippen molar-refractivity contribution in [3.8, 4) is 17.1 Å². The highest BCUT2D eigenvalue weighted by atomic mass is 79.9. The van der Waals surface area contributed by atoms with E-state index in [0.29, 0.717) is 0 Å². The molecule has 0 aliphatic rings. The van der Waals surface area contributed by atoms with E-state index in [2.05, 4.69) is 33.2 Å². The van der Waals surface area contributed by atoms with Gasteiger partial charge in [-0.15, -0.1) is 0 Å². The maximum atomic E-state index is 5.80. The Morgan fingerprint density at radius 2 is 2.19 bits per heavy atom. The minimum Gasteiger partial charge on any atom is -0.496 e. The second kappa shape index (κ2) is 8.20. The number of hydrogen-bond donors (Lipinski definition) is 1. The molecule has 5 heteroatoms. The highest BCUT2D eigenvalue weighted by Gasteiger charge is 2.08. The van der Waals surface area contributed by atoms with Crippen LogP contribution in [0.15, 0.2) is 33.3 Å². The normalized spacial score (nSPS) is 10.8. The van der Waals surface area contributed by atoms with Crippen LogP contribution >= 0.6 is 15.9 Å². The summed E-state index contributed by atoms with van der Waals surface area (Å²) in [5.74, 6) is 2.38. The second-order valence-corrected chi connectivity index (χ2v) is 5.68. The Labute approximate surface area is 134 Å². The Kier molecular flexibility index (Phi) is 6.26. The van der Waals surface area contributed by atoms with Gasteiger partial charge >= 0.3 is 0 Å². The number of oxazole rings is 1. The molecule has 21 heavy (non-hydrogen) atoms. The maximum Gasteiger partial charge on any atom is 0.194 e. The van der Waals surface area contributed by atoms with Crippen LogP contribution in [-0.2, 0) is 6.42 Å². The average molecular weight is 353 g/mol. The molecule has 1 aromatic carbocycles. The zero-order valence-corrected chi connectivity index (χ0v) is 14.1. The Balaban J connectivity index is 1.94. The third-order valence-corrected chi connectivity index (χ3v) is 3.78. The third-order valence-electron chi connectivity index (χ3n) is 3.16. The van der Waals surface area contributed by atoms with Gasteiger partial charge in [-0.2, -0.15) is 0 Å². The monoisotopic (exact) mass is 352 g/mol. The summed E-state index contributed by atoms with van der Waals surface area (Å²) in [5.41, 5.74) is 0.991. The van der Waals surface area contributed by atoms with Gasteiger partial charge in [-0.05, 0) is 60.1 Å². The summed E-state index contributed by atoms with van der Waals surface area (Å²) in [6.45, 7) is 4.23. The molecule has 0 saturated carbocycles. The van der Waals surface area contributed by atoms with Crippen LogP contribution in [0.25, 0.3) is 11.3 Å². The summed E-state index contributed by atoms with van der Waals surface area (Å²) in [6, 6.07) is 5.86. The molecule has 0 saturated heterocycles. The summed E-state index contributed by atoms with van der Waals surface area (Å²) >= 11 is 3.48. The second-order valence-electron chi connectivity index (χ2n) is 4.82. The number of ether oxygens (including phenoxy) is 1. The molecule has 2 rings (SSSR count). The van der Waals surface area contributed by atoms with E-state index in [-0.39, 0.29) is 0 Å². The summed E-state index contributed by atoms with van der Waals surface area (Å²) in [5, 5.41) is 3.37. The van der Waals surface area contributed by atoms with Crippen LogP contribution in [0.5, 0.6) is 5.75 Å². The molecule has 0 aliphatic heterocycles. The first-order chi connectivity index (χ1) is 10.2. The smallest absolute Gasteiger partial charge is 0.194 e. The molecule has 0 aliphatic carbocycles. The molecule has 0 unspecified atom stereocenters. The van der Waals surface area contributed by atoms with Crippen LogP contribution in [-0.4, -0.2) is 25.2 Å². The lowest BCUT2D eigenvalue weighted by atomic mass is 10.2. The van der Waals surface area contributed by atoms with Gasteiger partial charge in [-0.3, -0.25) is 0 Å². The molecule has 0 atom stereocenters. The van der Waals surface area contributed by atoms with Gasteiger partial charge < -0.3 is 14.5 Å². The number of halogens is 1. The standard InChI is InChI=1S/C16H21BrN2O2/c1-3-8-18-9-4-5-16-19-11-15(21-16)12-6-7-14(20-2)13(17)10-12/h6-7,10-11,18H,3-5,8-9H2,1-2H3. The average Bonchev–Trinajstić information content (AvgIpc) is 2.96. The summed E-state index contributed by atoms with van der Waals surface area (Å²) < 4.78 is 11.9. The molecule has 0 fully saturated rings. The minimum absolute atomic E-state index is 0.787. The minimum atomic E-state index is 0.787. The number of methoxy groups -OCH3 is 1. The predicted molar refractivity (Wildman–Crippen MR) is 87.7 cm³/mol. The van der Waals surface area contributed by atoms with Crippen molar-refractivity contribution in [2.45, 2.75) is 26.2 Å². The Bertz CT molecular complexity index is 569. The van der Waals surface area contributed by atoms with E-state index in [9.17, 15) is 0 Å². The van der Waals surface area contributed by atoms with E-state index in [1.165, 1.54) is 0 Å². The first-order valence-corrected chi connectivity index (χ1v) is 8.03. The SMILES string of the molecule is CCCNCCCc1ncc(-c2ccc(OC)c(Br)c2)o1. The van der Waals surface area contributed by atoms with E-state index >= 15 is 0 Å². The number of nitrogens with zero attached hydrogens (tertiary/aromatic N) is 1. The number of nitrogens with one attached hydrogen (secondary N) is 1. The zero-order valence-electron chi connectivity index (χ0n) is 12.5. The van der Waals surface area contributed by atoms with Gasteiger partial charge in [0.15, 0.2) is 11.7 Å². The van der Waals surface area contributed by atoms with Crippen LogP contribution in [0.1, 0.15) is 25.7 Å². The van der Waals surface area contributed by atoms with Crippen LogP contribution in [0, 0.1) is 0 Å². The highest BCUT2D eigenvalue weighted by molar-refractivity contribution is 9.10. The van der Waals surface area contributed by atoms with E-state index in [4.69, 9.17) is 9.15 Å². The fourth-order valence-electron chi connectivity index (χ4n) is 2.05. The maximum absolute atomic E-state index is 5.80. The first kappa shape index (κ1) is 16.0. The molecule has 0 amide bonds. The van der Waals surface area contributed by atoms with Crippen molar-refractivity contribution in [1.29, 1.82) is 0 Å². The number of aryl methyl sites for hydroxylation is 1. The molecular weight excluding hydrogens is 332 g/mol. The zero-order chi connectivity index (χ0) is 15.1. The van der Waals surface area contributed by atoms with Crippen LogP contribution in [0.2, 0.25) is 0 Å². The number of aromatic nitrogens is 1. The fraction of sp³-hybridized carbons (Fsp3) is 0.438. The van der Waals surface area contributed by atoms with Crippen molar-refractivity contribution >= 4 is 15.9 Å². The third kappa shape index (κ3) is 4.58. The van der Waals surface area contributed by atoms with Gasteiger partial charge in [0.05, 0.1) is 17.8 Å². The van der Waals surface area contributed by atoms with Gasteiger partial charge in [-0.1, -0.05) is 6.92 Å². The van der Waals surface area contributed by atoms with Crippen LogP contribution in [0.3, 0.4) is 0 Å². The molecule has 0 bridgehead atoms. The van der Waals surface area contributed by atoms with Crippen molar-refractivity contribution in [1.82, 2.24) is 10.3 Å². The lowest BCUT2D eigenvalue weighted by molar-refractivity contribution is 0.412. The molecule has 0 radical (unpaired) electrons. The summed E-state index contributed by atoms with van der Waals surface area (Å²) in [7, 11) is 1.65. The molecule has 1 heterocycles. The largest absolute Gasteiger partial charge is 0.496 e. The number of benzene rings is 1. The molecule has 2 aromatic rings. The Morgan fingerprint density at radius 3 is 2.90 bits per heavy atom. The molecule has 4 nitrogen and oxygen atoms in total. The fourth-order valence-corrected chi connectivity index (χ4v) is 2.59. The van der Waals surface area contributed by atoms with Crippen molar-refractivity contribution in [3.63, 3.8) is 0 Å². The van der Waals surface area contributed by atoms with Gasteiger partial charge in [-0.25, -0.2) is 4.98 Å². The van der Waals surface area contributed by atoms with Crippen molar-refractivity contribution in [2.75, 3.05) is 20.2 Å². The van der Waals surface area contributed by atoms with E-state index in [0.717, 1.165) is 59.8 Å². The van der Waals surface area contributed by atoms with Gasteiger partial charge in [0, 0.05) is 12.0 Å². The van der Waals surface area contributed by atoms with Crippen molar-refractivity contribution < 1.29 is 9.15 Å². The lowest BCUT2D eigenvalue weighted by Gasteiger charge is -2.04. The Hall–Kier alpha value is -1.33. The van der Waals surface area contributed by atoms with Crippen molar-refractivity contribution in [2.24, 2.45) is 0 Å². The van der Waals surface area contributed by atoms with Crippen LogP contribution < -0.4 is 10.1 Å². The van der Waals surface area contributed by atoms with Gasteiger partial charge in [0.25, 0.3) is 0 Å².